The number of piperazine rings is 1. The fourth-order valence-corrected chi connectivity index (χ4v) is 3.32. The fourth-order valence-electron chi connectivity index (χ4n) is 2.63. The Morgan fingerprint density at radius 3 is 2.40 bits per heavy atom. The Balaban J connectivity index is 1.53. The molecule has 0 unspecified atom stereocenters. The summed E-state index contributed by atoms with van der Waals surface area (Å²) < 4.78 is 0. The van der Waals surface area contributed by atoms with E-state index < -0.39 is 0 Å². The molecular weight excluding hydrogens is 338 g/mol. The molecule has 1 saturated heterocycles. The maximum Gasteiger partial charge on any atom is 0.321 e. The largest absolute Gasteiger partial charge is 0.345 e. The maximum atomic E-state index is 12.4. The molecule has 7 nitrogen and oxygen atoms in total. The van der Waals surface area contributed by atoms with E-state index in [2.05, 4.69) is 15.2 Å². The van der Waals surface area contributed by atoms with Crippen molar-refractivity contribution in [2.45, 2.75) is 6.92 Å². The number of hydrogen-bond donors (Lipinski definition) is 1. The highest BCUT2D eigenvalue weighted by molar-refractivity contribution is 7.13. The van der Waals surface area contributed by atoms with Gasteiger partial charge >= 0.3 is 6.03 Å². The second-order valence-electron chi connectivity index (χ2n) is 5.84. The van der Waals surface area contributed by atoms with Crippen molar-refractivity contribution in [3.63, 3.8) is 0 Å². The van der Waals surface area contributed by atoms with E-state index in [-0.39, 0.29) is 11.9 Å². The molecule has 1 fully saturated rings. The van der Waals surface area contributed by atoms with Gasteiger partial charge in [0.15, 0.2) is 5.13 Å². The van der Waals surface area contributed by atoms with E-state index in [4.69, 9.17) is 0 Å². The number of benzene rings is 1. The predicted octanol–water partition coefficient (Wildman–Crippen LogP) is 2.48. The van der Waals surface area contributed by atoms with E-state index in [9.17, 15) is 9.59 Å². The number of carbonyl (C=O) groups is 2. The summed E-state index contributed by atoms with van der Waals surface area (Å²) in [4.78, 5) is 33.6. The predicted molar refractivity (Wildman–Crippen MR) is 100 cm³/mol. The molecule has 1 aliphatic heterocycles. The first-order chi connectivity index (χ1) is 12.0. The van der Waals surface area contributed by atoms with Crippen molar-refractivity contribution in [2.75, 3.05) is 48.3 Å². The Labute approximate surface area is 150 Å². The number of nitrogens with one attached hydrogen (secondary N) is 1. The van der Waals surface area contributed by atoms with Crippen molar-refractivity contribution < 1.29 is 9.59 Å². The third-order valence-corrected chi connectivity index (χ3v) is 5.07. The summed E-state index contributed by atoms with van der Waals surface area (Å²) in [6.07, 6.45) is 1.80. The van der Waals surface area contributed by atoms with Crippen LogP contribution in [-0.2, 0) is 4.79 Å². The Hall–Kier alpha value is -2.61. The van der Waals surface area contributed by atoms with E-state index in [1.807, 2.05) is 17.5 Å². The van der Waals surface area contributed by atoms with Gasteiger partial charge in [-0.15, -0.1) is 11.3 Å². The molecule has 0 atom stereocenters. The average Bonchev–Trinajstić information content (AvgIpc) is 3.16. The van der Waals surface area contributed by atoms with Crippen LogP contribution in [0.25, 0.3) is 0 Å². The van der Waals surface area contributed by atoms with Gasteiger partial charge in [-0.2, -0.15) is 0 Å². The van der Waals surface area contributed by atoms with Crippen LogP contribution in [0.15, 0.2) is 35.8 Å². The van der Waals surface area contributed by atoms with Gasteiger partial charge in [0.05, 0.1) is 0 Å². The van der Waals surface area contributed by atoms with Crippen molar-refractivity contribution in [1.82, 2.24) is 9.88 Å². The molecule has 1 aromatic carbocycles. The van der Waals surface area contributed by atoms with Crippen molar-refractivity contribution in [2.24, 2.45) is 0 Å². The minimum Gasteiger partial charge on any atom is -0.345 e. The molecule has 0 bridgehead atoms. The number of hydrogen-bond acceptors (Lipinski definition) is 5. The van der Waals surface area contributed by atoms with Crippen molar-refractivity contribution in [3.05, 3.63) is 35.8 Å². The van der Waals surface area contributed by atoms with Gasteiger partial charge in [0.1, 0.15) is 0 Å². The minimum atomic E-state index is -0.105. The summed E-state index contributed by atoms with van der Waals surface area (Å²) in [5.74, 6) is -0.0325. The van der Waals surface area contributed by atoms with E-state index in [1.54, 1.807) is 46.5 Å². The van der Waals surface area contributed by atoms with Gasteiger partial charge in [0, 0.05) is 63.1 Å². The maximum absolute atomic E-state index is 12.4. The third-order valence-electron chi connectivity index (χ3n) is 4.23. The monoisotopic (exact) mass is 359 g/mol. The summed E-state index contributed by atoms with van der Waals surface area (Å²) in [5, 5.41) is 5.87. The highest BCUT2D eigenvalue weighted by Crippen LogP contribution is 2.20. The number of amides is 3. The van der Waals surface area contributed by atoms with Crippen LogP contribution in [0.4, 0.5) is 21.3 Å². The summed E-state index contributed by atoms with van der Waals surface area (Å²) >= 11 is 1.62. The van der Waals surface area contributed by atoms with Crippen LogP contribution in [0.2, 0.25) is 0 Å². The Bertz CT molecular complexity index is 724. The molecule has 1 aliphatic rings. The molecule has 0 aliphatic carbocycles. The smallest absolute Gasteiger partial charge is 0.321 e. The lowest BCUT2D eigenvalue weighted by Gasteiger charge is -2.34. The SMILES string of the molecule is CC(=O)N(C)c1ccc(NC(=O)N2CCN(c3nccs3)CC2)cc1. The zero-order valence-corrected chi connectivity index (χ0v) is 15.1. The second-order valence-corrected chi connectivity index (χ2v) is 6.72. The Morgan fingerprint density at radius 2 is 1.84 bits per heavy atom. The molecule has 1 aromatic heterocycles. The number of urea groups is 1. The quantitative estimate of drug-likeness (QED) is 0.914. The van der Waals surface area contributed by atoms with Crippen molar-refractivity contribution in [3.8, 4) is 0 Å². The van der Waals surface area contributed by atoms with Crippen LogP contribution in [0, 0.1) is 0 Å². The van der Waals surface area contributed by atoms with Crippen molar-refractivity contribution >= 4 is 39.8 Å². The lowest BCUT2D eigenvalue weighted by Crippen LogP contribution is -2.50. The van der Waals surface area contributed by atoms with Crippen molar-refractivity contribution in [1.29, 1.82) is 0 Å². The van der Waals surface area contributed by atoms with Gasteiger partial charge in [0.2, 0.25) is 5.91 Å². The van der Waals surface area contributed by atoms with E-state index in [0.717, 1.165) is 23.9 Å². The van der Waals surface area contributed by atoms with E-state index in [1.165, 1.54) is 6.92 Å². The number of carbonyl (C=O) groups excluding carboxylic acids is 2. The van der Waals surface area contributed by atoms with Gasteiger partial charge in [-0.3, -0.25) is 4.79 Å². The van der Waals surface area contributed by atoms with Gasteiger partial charge in [-0.1, -0.05) is 0 Å². The minimum absolute atomic E-state index is 0.0325. The Morgan fingerprint density at radius 1 is 1.16 bits per heavy atom. The van der Waals surface area contributed by atoms with Crippen LogP contribution in [0.1, 0.15) is 6.92 Å². The van der Waals surface area contributed by atoms with Crippen LogP contribution in [0.3, 0.4) is 0 Å². The van der Waals surface area contributed by atoms with Crippen LogP contribution in [-0.4, -0.2) is 55.0 Å². The number of rotatable bonds is 3. The fraction of sp³-hybridized carbons (Fsp3) is 0.353. The molecule has 3 rings (SSSR count). The molecule has 0 radical (unpaired) electrons. The van der Waals surface area contributed by atoms with Gasteiger partial charge < -0.3 is 20.0 Å². The van der Waals surface area contributed by atoms with Crippen LogP contribution < -0.4 is 15.1 Å². The molecule has 0 spiro atoms. The Kier molecular flexibility index (Phi) is 5.18. The van der Waals surface area contributed by atoms with E-state index in [0.29, 0.717) is 18.8 Å². The molecule has 1 N–H and O–H groups in total. The number of nitrogens with zero attached hydrogens (tertiary/aromatic N) is 4. The van der Waals surface area contributed by atoms with Gasteiger partial charge in [0.25, 0.3) is 0 Å². The highest BCUT2D eigenvalue weighted by Gasteiger charge is 2.22. The molecule has 0 saturated carbocycles. The summed E-state index contributed by atoms with van der Waals surface area (Å²) in [6.45, 7) is 4.40. The van der Waals surface area contributed by atoms with Gasteiger partial charge in [-0.05, 0) is 24.3 Å². The molecular formula is C17H21N5O2S. The second kappa shape index (κ2) is 7.52. The molecule has 2 heterocycles. The summed E-state index contributed by atoms with van der Waals surface area (Å²) in [5.41, 5.74) is 1.51. The first-order valence-electron chi connectivity index (χ1n) is 8.09. The normalized spacial score (nSPS) is 14.3. The lowest BCUT2D eigenvalue weighted by atomic mass is 10.2. The lowest BCUT2D eigenvalue weighted by molar-refractivity contribution is -0.116. The molecule has 25 heavy (non-hydrogen) atoms. The van der Waals surface area contributed by atoms with Crippen LogP contribution in [0.5, 0.6) is 0 Å². The number of thiazole rings is 1. The van der Waals surface area contributed by atoms with E-state index >= 15 is 0 Å². The summed E-state index contributed by atoms with van der Waals surface area (Å²) in [6, 6.07) is 7.14. The van der Waals surface area contributed by atoms with Crippen LogP contribution >= 0.6 is 11.3 Å². The molecule has 3 amide bonds. The average molecular weight is 359 g/mol. The molecule has 2 aromatic rings. The number of anilines is 3. The third kappa shape index (κ3) is 4.08. The number of aromatic nitrogens is 1. The zero-order valence-electron chi connectivity index (χ0n) is 14.3. The highest BCUT2D eigenvalue weighted by atomic mass is 32.1. The first-order valence-corrected chi connectivity index (χ1v) is 8.97. The summed E-state index contributed by atoms with van der Waals surface area (Å²) in [7, 11) is 1.72. The first kappa shape index (κ1) is 17.2. The molecule has 132 valence electrons. The standard InChI is InChI=1S/C17H21N5O2S/c1-13(23)20(2)15-5-3-14(4-6-15)19-16(24)21-8-10-22(11-9-21)17-18-7-12-25-17/h3-7,12H,8-11H2,1-2H3,(H,19,24). The molecule has 8 heteroatoms. The van der Waals surface area contributed by atoms with Gasteiger partial charge in [-0.25, -0.2) is 9.78 Å². The topological polar surface area (TPSA) is 68.8 Å². The zero-order chi connectivity index (χ0) is 17.8.